The maximum Gasteiger partial charge on any atom is 0.326 e. The predicted molar refractivity (Wildman–Crippen MR) is 88.4 cm³/mol. The minimum atomic E-state index is -1.50. The van der Waals surface area contributed by atoms with Crippen LogP contribution in [-0.4, -0.2) is 30.3 Å². The van der Waals surface area contributed by atoms with E-state index in [-0.39, 0.29) is 0 Å². The van der Waals surface area contributed by atoms with Gasteiger partial charge in [-0.1, -0.05) is 6.08 Å². The normalized spacial score (nSPS) is 13.6. The first-order valence-corrected chi connectivity index (χ1v) is 9.49. The first-order chi connectivity index (χ1) is 8.43. The summed E-state index contributed by atoms with van der Waals surface area (Å²) >= 11 is 0. The lowest BCUT2D eigenvalue weighted by molar-refractivity contribution is 0.489. The lowest BCUT2D eigenvalue weighted by Crippen LogP contribution is -2.17. The van der Waals surface area contributed by atoms with Gasteiger partial charge in [0, 0.05) is 0 Å². The van der Waals surface area contributed by atoms with Gasteiger partial charge in [-0.15, -0.1) is 0 Å². The highest BCUT2D eigenvalue weighted by atomic mass is 28.4. The molecule has 5 heteroatoms. The molecule has 0 heterocycles. The lowest BCUT2D eigenvalue weighted by atomic mass is 9.90. The van der Waals surface area contributed by atoms with E-state index in [2.05, 4.69) is 46.4 Å². The number of hydrogen-bond donors (Lipinski definition) is 0. The van der Waals surface area contributed by atoms with Gasteiger partial charge in [-0.05, 0) is 73.7 Å². The van der Waals surface area contributed by atoms with Crippen LogP contribution in [0, 0.1) is 34.6 Å². The van der Waals surface area contributed by atoms with E-state index >= 15 is 0 Å². The molecule has 0 amide bonds. The minimum Gasteiger partial charge on any atom is -0.444 e. The third-order valence-corrected chi connectivity index (χ3v) is 8.17. The van der Waals surface area contributed by atoms with Gasteiger partial charge in [0.15, 0.2) is 0 Å². The van der Waals surface area contributed by atoms with Gasteiger partial charge in [0.25, 0.3) is 0 Å². The highest BCUT2D eigenvalue weighted by Gasteiger charge is 2.11. The van der Waals surface area contributed by atoms with E-state index in [9.17, 15) is 0 Å². The van der Waals surface area contributed by atoms with Crippen LogP contribution >= 0.6 is 0 Å². The zero-order valence-electron chi connectivity index (χ0n) is 12.5. The standard InChI is InChI=1S/C13H24O2Si3/c1-8-9(2)11(4)13(12(5)10(8)3)6-7-18(14-16)15-17/h6-7,18H,1-5,16-17H3. The van der Waals surface area contributed by atoms with E-state index < -0.39 is 9.28 Å². The van der Waals surface area contributed by atoms with Gasteiger partial charge in [-0.25, -0.2) is 0 Å². The largest absolute Gasteiger partial charge is 0.444 e. The Hall–Kier alpha value is -0.469. The number of rotatable bonds is 4. The molecule has 0 aliphatic carbocycles. The van der Waals surface area contributed by atoms with Gasteiger partial charge < -0.3 is 8.23 Å². The van der Waals surface area contributed by atoms with Crippen molar-refractivity contribution in [2.75, 3.05) is 0 Å². The van der Waals surface area contributed by atoms with Gasteiger partial charge in [-0.2, -0.15) is 0 Å². The van der Waals surface area contributed by atoms with Gasteiger partial charge >= 0.3 is 9.28 Å². The van der Waals surface area contributed by atoms with Crippen molar-refractivity contribution < 1.29 is 8.23 Å². The number of hydrogen-bond acceptors (Lipinski definition) is 2. The van der Waals surface area contributed by atoms with Crippen LogP contribution in [0.3, 0.4) is 0 Å². The molecule has 1 rings (SSSR count). The Morgan fingerprint density at radius 2 is 1.17 bits per heavy atom. The molecule has 0 aliphatic rings. The minimum absolute atomic E-state index is 0.758. The average Bonchev–Trinajstić information content (AvgIpc) is 2.38. The molecule has 0 aliphatic heterocycles. The molecule has 0 unspecified atom stereocenters. The molecule has 0 bridgehead atoms. The molecule has 100 valence electrons. The third kappa shape index (κ3) is 3.10. The van der Waals surface area contributed by atoms with E-state index in [4.69, 9.17) is 8.23 Å². The quantitative estimate of drug-likeness (QED) is 0.758. The van der Waals surface area contributed by atoms with Crippen molar-refractivity contribution in [2.24, 2.45) is 0 Å². The second-order valence-electron chi connectivity index (χ2n) is 4.74. The summed E-state index contributed by atoms with van der Waals surface area (Å²) < 4.78 is 11.0. The summed E-state index contributed by atoms with van der Waals surface area (Å²) in [4.78, 5) is 0. The van der Waals surface area contributed by atoms with Gasteiger partial charge in [0.05, 0.1) is 0 Å². The Balaban J connectivity index is 3.25. The Labute approximate surface area is 118 Å². The smallest absolute Gasteiger partial charge is 0.326 e. The summed E-state index contributed by atoms with van der Waals surface area (Å²) in [6.07, 6.45) is 2.21. The summed E-state index contributed by atoms with van der Waals surface area (Å²) in [5.41, 5.74) is 10.5. The van der Waals surface area contributed by atoms with Crippen molar-refractivity contribution in [3.63, 3.8) is 0 Å². The molecule has 1 aromatic rings. The van der Waals surface area contributed by atoms with Crippen molar-refractivity contribution in [1.29, 1.82) is 0 Å². The van der Waals surface area contributed by atoms with Crippen LogP contribution in [0.4, 0.5) is 0 Å². The van der Waals surface area contributed by atoms with E-state index in [1.165, 1.54) is 33.4 Å². The van der Waals surface area contributed by atoms with Crippen molar-refractivity contribution in [3.8, 4) is 0 Å². The van der Waals surface area contributed by atoms with E-state index in [1.54, 1.807) is 0 Å². The van der Waals surface area contributed by atoms with Crippen molar-refractivity contribution in [1.82, 2.24) is 0 Å². The molecule has 0 saturated heterocycles. The first-order valence-electron chi connectivity index (χ1n) is 6.24. The van der Waals surface area contributed by atoms with Crippen LogP contribution in [0.15, 0.2) is 5.70 Å². The fraction of sp³-hybridized carbons (Fsp3) is 0.385. The second kappa shape index (κ2) is 6.63. The molecule has 18 heavy (non-hydrogen) atoms. The average molecular weight is 297 g/mol. The fourth-order valence-electron chi connectivity index (χ4n) is 2.21. The molecule has 2 nitrogen and oxygen atoms in total. The maximum absolute atomic E-state index is 5.49. The second-order valence-corrected chi connectivity index (χ2v) is 9.63. The van der Waals surface area contributed by atoms with E-state index in [1.807, 2.05) is 0 Å². The van der Waals surface area contributed by atoms with E-state index in [0.29, 0.717) is 0 Å². The Morgan fingerprint density at radius 1 is 0.778 bits per heavy atom. The maximum atomic E-state index is 5.49. The predicted octanol–water partition coefficient (Wildman–Crippen LogP) is 0.596. The molecule has 0 saturated carbocycles. The van der Waals surface area contributed by atoms with Crippen molar-refractivity contribution in [2.45, 2.75) is 34.6 Å². The lowest BCUT2D eigenvalue weighted by Gasteiger charge is -2.17. The summed E-state index contributed by atoms with van der Waals surface area (Å²) in [5.74, 6) is 0. The Morgan fingerprint density at radius 3 is 1.56 bits per heavy atom. The van der Waals surface area contributed by atoms with Crippen molar-refractivity contribution in [3.05, 3.63) is 39.1 Å². The fourth-order valence-corrected chi connectivity index (χ4v) is 6.32. The molecule has 0 spiro atoms. The molecular weight excluding hydrogens is 272 g/mol. The van der Waals surface area contributed by atoms with E-state index in [0.717, 1.165) is 21.0 Å². The van der Waals surface area contributed by atoms with Crippen LogP contribution in [-0.2, 0) is 8.23 Å². The first kappa shape index (κ1) is 15.6. The van der Waals surface area contributed by atoms with Crippen LogP contribution < -0.4 is 0 Å². The molecule has 0 N–H and O–H groups in total. The van der Waals surface area contributed by atoms with Crippen molar-refractivity contribution >= 4 is 36.3 Å². The zero-order chi connectivity index (χ0) is 13.9. The summed E-state index contributed by atoms with van der Waals surface area (Å²) in [7, 11) is 0.0114. The van der Waals surface area contributed by atoms with Crippen LogP contribution in [0.5, 0.6) is 0 Å². The summed E-state index contributed by atoms with van der Waals surface area (Å²) in [6.45, 7) is 11.0. The molecule has 0 fully saturated rings. The Bertz CT molecular complexity index is 437. The van der Waals surface area contributed by atoms with Gasteiger partial charge in [0.1, 0.15) is 21.0 Å². The van der Waals surface area contributed by atoms with Gasteiger partial charge in [-0.3, -0.25) is 0 Å². The Kier molecular flexibility index (Phi) is 5.74. The van der Waals surface area contributed by atoms with Crippen LogP contribution in [0.1, 0.15) is 33.4 Å². The zero-order valence-corrected chi connectivity index (χ0v) is 17.7. The highest BCUT2D eigenvalue weighted by Crippen LogP contribution is 2.26. The topological polar surface area (TPSA) is 18.5 Å². The molecule has 0 aromatic heterocycles. The summed E-state index contributed by atoms with van der Waals surface area (Å²) in [6, 6.07) is 0. The number of benzene rings is 1. The molecule has 0 radical (unpaired) electrons. The SMILES string of the molecule is Cc1c(C)c(C)c(C=C[SiH](O[SiH3])O[SiH3])c(C)c1C. The van der Waals surface area contributed by atoms with Crippen LogP contribution in [0.25, 0.3) is 6.08 Å². The van der Waals surface area contributed by atoms with Crippen LogP contribution in [0.2, 0.25) is 0 Å². The third-order valence-electron chi connectivity index (χ3n) is 3.94. The molecule has 1 aromatic carbocycles. The molecule has 0 atom stereocenters. The highest BCUT2D eigenvalue weighted by molar-refractivity contribution is 6.58. The monoisotopic (exact) mass is 296 g/mol. The molecular formula is C13H24O2Si3. The summed E-state index contributed by atoms with van der Waals surface area (Å²) in [5, 5.41) is 0. The van der Waals surface area contributed by atoms with Gasteiger partial charge in [0.2, 0.25) is 0 Å².